The summed E-state index contributed by atoms with van der Waals surface area (Å²) in [5, 5.41) is 0. The molecule has 2 heteroatoms. The number of hydrogen-bond acceptors (Lipinski definition) is 2. The summed E-state index contributed by atoms with van der Waals surface area (Å²) < 4.78 is 0. The molecule has 0 bridgehead atoms. The number of benzene rings is 2. The van der Waals surface area contributed by atoms with Gasteiger partial charge in [0.25, 0.3) is 0 Å². The molecule has 0 amide bonds. The number of rotatable bonds is 4. The Labute approximate surface area is 120 Å². The van der Waals surface area contributed by atoms with E-state index in [2.05, 4.69) is 0 Å². The van der Waals surface area contributed by atoms with E-state index in [9.17, 15) is 4.79 Å². The highest BCUT2D eigenvalue weighted by atomic mass is 16.1. The van der Waals surface area contributed by atoms with E-state index in [4.69, 9.17) is 0 Å². The van der Waals surface area contributed by atoms with Crippen LogP contribution in [0.3, 0.4) is 0 Å². The maximum Gasteiger partial charge on any atom is 0.187 e. The third kappa shape index (κ3) is 3.15. The summed E-state index contributed by atoms with van der Waals surface area (Å²) in [6, 6.07) is 15.7. The monoisotopic (exact) mass is 265 g/mol. The first-order valence-electron chi connectivity index (χ1n) is 6.64. The van der Waals surface area contributed by atoms with Crippen LogP contribution in [-0.2, 0) is 0 Å². The summed E-state index contributed by atoms with van der Waals surface area (Å²) >= 11 is 0. The highest BCUT2D eigenvalue weighted by molar-refractivity contribution is 6.10. The molecule has 0 unspecified atom stereocenters. The highest BCUT2D eigenvalue weighted by Gasteiger charge is 2.09. The molecular weight excluding hydrogens is 246 g/mol. The molecule has 2 nitrogen and oxygen atoms in total. The third-order valence-corrected chi connectivity index (χ3v) is 3.25. The topological polar surface area (TPSA) is 20.3 Å². The maximum atomic E-state index is 12.3. The van der Waals surface area contributed by atoms with Crippen LogP contribution < -0.4 is 4.90 Å². The second kappa shape index (κ2) is 6.20. The van der Waals surface area contributed by atoms with Crippen LogP contribution >= 0.6 is 0 Å². The Morgan fingerprint density at radius 3 is 2.35 bits per heavy atom. The van der Waals surface area contributed by atoms with Crippen LogP contribution in [0.2, 0.25) is 0 Å². The zero-order valence-electron chi connectivity index (χ0n) is 12.1. The Hall–Kier alpha value is -2.35. The van der Waals surface area contributed by atoms with E-state index in [0.717, 1.165) is 22.4 Å². The molecule has 0 aliphatic carbocycles. The normalized spacial score (nSPS) is 10.8. The van der Waals surface area contributed by atoms with Crippen LogP contribution in [0.15, 0.2) is 54.6 Å². The first kappa shape index (κ1) is 14.1. The van der Waals surface area contributed by atoms with E-state index >= 15 is 0 Å². The molecule has 0 aliphatic heterocycles. The van der Waals surface area contributed by atoms with Crippen molar-refractivity contribution in [2.75, 3.05) is 19.0 Å². The number of aryl methyl sites for hydroxylation is 1. The van der Waals surface area contributed by atoms with Crippen molar-refractivity contribution in [1.29, 1.82) is 0 Å². The maximum absolute atomic E-state index is 12.3. The van der Waals surface area contributed by atoms with Gasteiger partial charge in [-0.1, -0.05) is 42.5 Å². The SMILES string of the molecule is Cc1ccccc1/C=C/C(=O)c1ccccc1N(C)C. The molecule has 2 aromatic rings. The molecular formula is C18H19NO. The molecule has 0 spiro atoms. The predicted molar refractivity (Wildman–Crippen MR) is 85.3 cm³/mol. The van der Waals surface area contributed by atoms with Crippen molar-refractivity contribution >= 4 is 17.5 Å². The van der Waals surface area contributed by atoms with Crippen LogP contribution in [0, 0.1) is 6.92 Å². The Bertz CT molecular complexity index is 641. The Kier molecular flexibility index (Phi) is 4.36. The molecule has 102 valence electrons. The van der Waals surface area contributed by atoms with E-state index in [1.54, 1.807) is 6.08 Å². The van der Waals surface area contributed by atoms with Gasteiger partial charge in [0.15, 0.2) is 5.78 Å². The molecule has 0 aliphatic rings. The number of hydrogen-bond donors (Lipinski definition) is 0. The standard InChI is InChI=1S/C18H19NO/c1-14-8-4-5-9-15(14)12-13-18(20)16-10-6-7-11-17(16)19(2)3/h4-13H,1-3H3/b13-12+. The van der Waals surface area contributed by atoms with Crippen LogP contribution in [0.25, 0.3) is 6.08 Å². The van der Waals surface area contributed by atoms with Gasteiger partial charge >= 0.3 is 0 Å². The van der Waals surface area contributed by atoms with Gasteiger partial charge in [0.05, 0.1) is 0 Å². The smallest absolute Gasteiger partial charge is 0.187 e. The van der Waals surface area contributed by atoms with Gasteiger partial charge in [-0.25, -0.2) is 0 Å². The zero-order valence-corrected chi connectivity index (χ0v) is 12.1. The van der Waals surface area contributed by atoms with Gasteiger partial charge in [-0.05, 0) is 36.3 Å². The van der Waals surface area contributed by atoms with Crippen molar-refractivity contribution < 1.29 is 4.79 Å². The van der Waals surface area contributed by atoms with E-state index in [1.807, 2.05) is 80.5 Å². The molecule has 0 heterocycles. The Morgan fingerprint density at radius 2 is 1.65 bits per heavy atom. The van der Waals surface area contributed by atoms with Crippen molar-refractivity contribution in [2.45, 2.75) is 6.92 Å². The minimum Gasteiger partial charge on any atom is -0.377 e. The molecule has 0 fully saturated rings. The molecule has 0 atom stereocenters. The molecule has 20 heavy (non-hydrogen) atoms. The molecule has 2 rings (SSSR count). The van der Waals surface area contributed by atoms with Crippen molar-refractivity contribution in [3.63, 3.8) is 0 Å². The number of nitrogens with zero attached hydrogens (tertiary/aromatic N) is 1. The van der Waals surface area contributed by atoms with Gasteiger partial charge in [0, 0.05) is 25.3 Å². The number of carbonyl (C=O) groups excluding carboxylic acids is 1. The van der Waals surface area contributed by atoms with E-state index in [1.165, 1.54) is 0 Å². The van der Waals surface area contributed by atoms with Crippen LogP contribution in [0.1, 0.15) is 21.5 Å². The number of anilines is 1. The van der Waals surface area contributed by atoms with Gasteiger partial charge < -0.3 is 4.90 Å². The third-order valence-electron chi connectivity index (χ3n) is 3.25. The second-order valence-corrected chi connectivity index (χ2v) is 4.97. The molecule has 0 N–H and O–H groups in total. The summed E-state index contributed by atoms with van der Waals surface area (Å²) in [5.74, 6) is 0.0255. The quantitative estimate of drug-likeness (QED) is 0.616. The minimum absolute atomic E-state index is 0.0255. The minimum atomic E-state index is 0.0255. The fourth-order valence-electron chi connectivity index (χ4n) is 2.10. The first-order valence-corrected chi connectivity index (χ1v) is 6.64. The summed E-state index contributed by atoms with van der Waals surface area (Å²) in [5.41, 5.74) is 3.90. The average molecular weight is 265 g/mol. The molecule has 0 saturated heterocycles. The lowest BCUT2D eigenvalue weighted by molar-refractivity contribution is 0.104. The fourth-order valence-corrected chi connectivity index (χ4v) is 2.10. The summed E-state index contributed by atoms with van der Waals surface area (Å²) in [6.45, 7) is 2.04. The van der Waals surface area contributed by atoms with Gasteiger partial charge in [0.2, 0.25) is 0 Å². The largest absolute Gasteiger partial charge is 0.377 e. The molecule has 2 aromatic carbocycles. The number of ketones is 1. The lowest BCUT2D eigenvalue weighted by atomic mass is 10.0. The Morgan fingerprint density at radius 1 is 1.00 bits per heavy atom. The molecule has 0 aromatic heterocycles. The number of allylic oxidation sites excluding steroid dienone is 1. The van der Waals surface area contributed by atoms with Gasteiger partial charge in [-0.2, -0.15) is 0 Å². The predicted octanol–water partition coefficient (Wildman–Crippen LogP) is 3.96. The summed E-state index contributed by atoms with van der Waals surface area (Å²) in [7, 11) is 3.88. The van der Waals surface area contributed by atoms with Crippen molar-refractivity contribution in [3.8, 4) is 0 Å². The number of para-hydroxylation sites is 1. The lowest BCUT2D eigenvalue weighted by Gasteiger charge is -2.15. The van der Waals surface area contributed by atoms with E-state index in [-0.39, 0.29) is 5.78 Å². The molecule has 0 saturated carbocycles. The highest BCUT2D eigenvalue weighted by Crippen LogP contribution is 2.19. The van der Waals surface area contributed by atoms with Crippen molar-refractivity contribution in [2.24, 2.45) is 0 Å². The van der Waals surface area contributed by atoms with E-state index in [0.29, 0.717) is 0 Å². The second-order valence-electron chi connectivity index (χ2n) is 4.97. The van der Waals surface area contributed by atoms with Gasteiger partial charge in [0.1, 0.15) is 0 Å². The molecule has 0 radical (unpaired) electrons. The lowest BCUT2D eigenvalue weighted by Crippen LogP contribution is -2.13. The zero-order chi connectivity index (χ0) is 14.5. The number of carbonyl (C=O) groups is 1. The van der Waals surface area contributed by atoms with Crippen LogP contribution in [0.5, 0.6) is 0 Å². The van der Waals surface area contributed by atoms with Gasteiger partial charge in [-0.15, -0.1) is 0 Å². The Balaban J connectivity index is 2.27. The van der Waals surface area contributed by atoms with E-state index < -0.39 is 0 Å². The average Bonchev–Trinajstić information content (AvgIpc) is 2.46. The van der Waals surface area contributed by atoms with Crippen molar-refractivity contribution in [1.82, 2.24) is 0 Å². The summed E-state index contributed by atoms with van der Waals surface area (Å²) in [6.07, 6.45) is 3.52. The van der Waals surface area contributed by atoms with Crippen molar-refractivity contribution in [3.05, 3.63) is 71.3 Å². The summed E-state index contributed by atoms with van der Waals surface area (Å²) in [4.78, 5) is 14.3. The van der Waals surface area contributed by atoms with Crippen LogP contribution in [-0.4, -0.2) is 19.9 Å². The first-order chi connectivity index (χ1) is 9.59. The fraction of sp³-hybridized carbons (Fsp3) is 0.167. The van der Waals surface area contributed by atoms with Crippen LogP contribution in [0.4, 0.5) is 5.69 Å². The van der Waals surface area contributed by atoms with Gasteiger partial charge in [-0.3, -0.25) is 4.79 Å².